The molecule has 2 atom stereocenters. The van der Waals surface area contributed by atoms with Gasteiger partial charge in [-0.3, -0.25) is 4.79 Å². The van der Waals surface area contributed by atoms with Crippen molar-refractivity contribution in [3.63, 3.8) is 0 Å². The fourth-order valence-corrected chi connectivity index (χ4v) is 2.66. The summed E-state index contributed by atoms with van der Waals surface area (Å²) in [6.45, 7) is 7.37. The molecule has 0 radical (unpaired) electrons. The maximum atomic E-state index is 11.7. The number of ether oxygens (including phenoxy) is 2. The largest absolute Gasteiger partial charge is 0.353 e. The summed E-state index contributed by atoms with van der Waals surface area (Å²) in [7, 11) is 0. The number of carbonyl (C=O) groups is 1. The molecule has 2 rings (SSSR count). The van der Waals surface area contributed by atoms with E-state index in [2.05, 4.69) is 12.7 Å². The maximum absolute atomic E-state index is 11.7. The number of ketones is 1. The predicted octanol–water partition coefficient (Wildman–Crippen LogP) is 3.40. The Kier molecular flexibility index (Phi) is 5.34. The molecule has 19 heavy (non-hydrogen) atoms. The standard InChI is InChI=1S/C16H24O3/c1-12(2)14-11-13(6-7-15(14)17)8-10-19-16-5-3-4-9-18-16/h6,14,16H,1,3-5,7-11H2,2H3. The first-order valence-corrected chi connectivity index (χ1v) is 7.26. The molecule has 0 bridgehead atoms. The van der Waals surface area contributed by atoms with Crippen molar-refractivity contribution in [3.8, 4) is 0 Å². The molecule has 1 heterocycles. The van der Waals surface area contributed by atoms with E-state index >= 15 is 0 Å². The predicted molar refractivity (Wildman–Crippen MR) is 74.8 cm³/mol. The molecular formula is C16H24O3. The van der Waals surface area contributed by atoms with Gasteiger partial charge in [0.05, 0.1) is 6.61 Å². The van der Waals surface area contributed by atoms with E-state index in [0.717, 1.165) is 37.9 Å². The van der Waals surface area contributed by atoms with Gasteiger partial charge < -0.3 is 9.47 Å². The zero-order valence-corrected chi connectivity index (χ0v) is 11.8. The molecule has 106 valence electrons. The van der Waals surface area contributed by atoms with E-state index in [0.29, 0.717) is 18.8 Å². The second kappa shape index (κ2) is 7.01. The van der Waals surface area contributed by atoms with Crippen molar-refractivity contribution in [1.82, 2.24) is 0 Å². The van der Waals surface area contributed by atoms with Crippen LogP contribution < -0.4 is 0 Å². The Hall–Kier alpha value is -0.930. The van der Waals surface area contributed by atoms with Crippen molar-refractivity contribution in [1.29, 1.82) is 0 Å². The van der Waals surface area contributed by atoms with Crippen LogP contribution in [0.1, 0.15) is 45.4 Å². The molecule has 3 nitrogen and oxygen atoms in total. The molecular weight excluding hydrogens is 240 g/mol. The van der Waals surface area contributed by atoms with Crippen LogP contribution in [0.2, 0.25) is 0 Å². The Bertz CT molecular complexity index is 364. The van der Waals surface area contributed by atoms with Crippen LogP contribution in [0.3, 0.4) is 0 Å². The van der Waals surface area contributed by atoms with Crippen molar-refractivity contribution in [2.75, 3.05) is 13.2 Å². The lowest BCUT2D eigenvalue weighted by Gasteiger charge is -2.25. The Balaban J connectivity index is 1.73. The summed E-state index contributed by atoms with van der Waals surface area (Å²) >= 11 is 0. The minimum absolute atomic E-state index is 0.0171. The van der Waals surface area contributed by atoms with Gasteiger partial charge in [-0.1, -0.05) is 23.8 Å². The maximum Gasteiger partial charge on any atom is 0.157 e. The van der Waals surface area contributed by atoms with Crippen LogP contribution in [-0.2, 0) is 14.3 Å². The number of Topliss-reactive ketones (excluding diaryl/α,β-unsaturated/α-hetero) is 1. The zero-order chi connectivity index (χ0) is 13.7. The second-order valence-corrected chi connectivity index (χ2v) is 5.55. The molecule has 1 saturated heterocycles. The van der Waals surface area contributed by atoms with Gasteiger partial charge in [0.25, 0.3) is 0 Å². The Morgan fingerprint density at radius 3 is 3.05 bits per heavy atom. The van der Waals surface area contributed by atoms with Gasteiger partial charge in [-0.15, -0.1) is 0 Å². The van der Waals surface area contributed by atoms with Crippen molar-refractivity contribution >= 4 is 5.78 Å². The number of hydrogen-bond donors (Lipinski definition) is 0. The Morgan fingerprint density at radius 2 is 2.37 bits per heavy atom. The molecule has 1 aliphatic carbocycles. The van der Waals surface area contributed by atoms with Gasteiger partial charge in [-0.2, -0.15) is 0 Å². The normalized spacial score (nSPS) is 28.1. The third-order valence-corrected chi connectivity index (χ3v) is 3.91. The molecule has 2 unspecified atom stereocenters. The molecule has 0 amide bonds. The lowest BCUT2D eigenvalue weighted by atomic mass is 9.83. The fraction of sp³-hybridized carbons (Fsp3) is 0.688. The Labute approximate surface area is 115 Å². The summed E-state index contributed by atoms with van der Waals surface area (Å²) in [6, 6.07) is 0. The summed E-state index contributed by atoms with van der Waals surface area (Å²) in [5.41, 5.74) is 2.30. The molecule has 0 aromatic rings. The number of rotatable bonds is 5. The average Bonchev–Trinajstić information content (AvgIpc) is 2.41. The van der Waals surface area contributed by atoms with E-state index in [1.807, 2.05) is 6.92 Å². The molecule has 1 aliphatic heterocycles. The van der Waals surface area contributed by atoms with Gasteiger partial charge in [0.15, 0.2) is 6.29 Å². The van der Waals surface area contributed by atoms with Crippen LogP contribution in [0.4, 0.5) is 0 Å². The minimum atomic E-state index is -0.0171. The van der Waals surface area contributed by atoms with Crippen LogP contribution in [0.5, 0.6) is 0 Å². The first-order chi connectivity index (χ1) is 9.16. The number of carbonyl (C=O) groups excluding carboxylic acids is 1. The van der Waals surface area contributed by atoms with Gasteiger partial charge in [0.2, 0.25) is 0 Å². The van der Waals surface area contributed by atoms with Crippen LogP contribution in [0.25, 0.3) is 0 Å². The molecule has 2 aliphatic rings. The highest BCUT2D eigenvalue weighted by Crippen LogP contribution is 2.28. The zero-order valence-electron chi connectivity index (χ0n) is 11.8. The minimum Gasteiger partial charge on any atom is -0.353 e. The van der Waals surface area contributed by atoms with E-state index in [9.17, 15) is 4.79 Å². The van der Waals surface area contributed by atoms with Gasteiger partial charge >= 0.3 is 0 Å². The molecule has 0 N–H and O–H groups in total. The van der Waals surface area contributed by atoms with Crippen molar-refractivity contribution in [3.05, 3.63) is 23.8 Å². The topological polar surface area (TPSA) is 35.5 Å². The highest BCUT2D eigenvalue weighted by molar-refractivity contribution is 5.86. The summed E-state index contributed by atoms with van der Waals surface area (Å²) in [5, 5.41) is 0. The third kappa shape index (κ3) is 4.29. The SMILES string of the molecule is C=C(C)C1CC(CCOC2CCCCO2)=CCC1=O. The number of hydrogen-bond acceptors (Lipinski definition) is 3. The van der Waals surface area contributed by atoms with Crippen LogP contribution in [0.15, 0.2) is 23.8 Å². The van der Waals surface area contributed by atoms with Crippen LogP contribution in [0, 0.1) is 5.92 Å². The van der Waals surface area contributed by atoms with Gasteiger partial charge in [-0.05, 0) is 39.0 Å². The molecule has 0 saturated carbocycles. The monoisotopic (exact) mass is 264 g/mol. The molecule has 0 spiro atoms. The van der Waals surface area contributed by atoms with E-state index in [-0.39, 0.29) is 12.2 Å². The van der Waals surface area contributed by atoms with Gasteiger partial charge in [0.1, 0.15) is 5.78 Å². The van der Waals surface area contributed by atoms with Crippen molar-refractivity contribution in [2.24, 2.45) is 5.92 Å². The smallest absolute Gasteiger partial charge is 0.157 e. The Morgan fingerprint density at radius 1 is 1.53 bits per heavy atom. The summed E-state index contributed by atoms with van der Waals surface area (Å²) in [4.78, 5) is 11.7. The van der Waals surface area contributed by atoms with Crippen molar-refractivity contribution < 1.29 is 14.3 Å². The lowest BCUT2D eigenvalue weighted by Crippen LogP contribution is -2.23. The summed E-state index contributed by atoms with van der Waals surface area (Å²) < 4.78 is 11.3. The summed E-state index contributed by atoms with van der Waals surface area (Å²) in [5.74, 6) is 0.318. The van der Waals surface area contributed by atoms with E-state index in [1.165, 1.54) is 12.0 Å². The van der Waals surface area contributed by atoms with E-state index in [4.69, 9.17) is 9.47 Å². The fourth-order valence-electron chi connectivity index (χ4n) is 2.66. The van der Waals surface area contributed by atoms with Crippen molar-refractivity contribution in [2.45, 2.75) is 51.7 Å². The average molecular weight is 264 g/mol. The first-order valence-electron chi connectivity index (χ1n) is 7.26. The van der Waals surface area contributed by atoms with Gasteiger partial charge in [0, 0.05) is 18.9 Å². The first kappa shape index (κ1) is 14.5. The summed E-state index contributed by atoms with van der Waals surface area (Å²) in [6.07, 6.45) is 7.66. The van der Waals surface area contributed by atoms with E-state index in [1.54, 1.807) is 0 Å². The number of allylic oxidation sites excluding steroid dienone is 2. The van der Waals surface area contributed by atoms with Crippen LogP contribution in [-0.4, -0.2) is 25.3 Å². The third-order valence-electron chi connectivity index (χ3n) is 3.91. The molecule has 1 fully saturated rings. The quantitative estimate of drug-likeness (QED) is 0.714. The highest BCUT2D eigenvalue weighted by Gasteiger charge is 2.23. The van der Waals surface area contributed by atoms with E-state index < -0.39 is 0 Å². The molecule has 0 aromatic heterocycles. The van der Waals surface area contributed by atoms with Crippen LogP contribution >= 0.6 is 0 Å². The second-order valence-electron chi connectivity index (χ2n) is 5.55. The molecule has 0 aromatic carbocycles. The lowest BCUT2D eigenvalue weighted by molar-refractivity contribution is -0.161. The molecule has 3 heteroatoms. The highest BCUT2D eigenvalue weighted by atomic mass is 16.7. The van der Waals surface area contributed by atoms with Gasteiger partial charge in [-0.25, -0.2) is 0 Å².